The number of carbonyl (C=O) groups excluding carboxylic acids is 1. The van der Waals surface area contributed by atoms with Gasteiger partial charge in [0, 0.05) is 38.6 Å². The minimum Gasteiger partial charge on any atom is -0.354 e. The molecule has 0 spiro atoms. The van der Waals surface area contributed by atoms with Gasteiger partial charge in [0.25, 0.3) is 0 Å². The van der Waals surface area contributed by atoms with Crippen molar-refractivity contribution in [3.63, 3.8) is 0 Å². The highest BCUT2D eigenvalue weighted by Crippen LogP contribution is 2.17. The molecule has 1 amide bonds. The summed E-state index contributed by atoms with van der Waals surface area (Å²) in [5, 5.41) is 6.97. The van der Waals surface area contributed by atoms with Gasteiger partial charge >= 0.3 is 0 Å². The van der Waals surface area contributed by atoms with E-state index in [-0.39, 0.29) is 5.92 Å². The third kappa shape index (κ3) is 5.98. The van der Waals surface area contributed by atoms with E-state index in [1.807, 2.05) is 11.9 Å². The zero-order valence-corrected chi connectivity index (χ0v) is 17.4. The summed E-state index contributed by atoms with van der Waals surface area (Å²) in [6.45, 7) is 8.84. The molecule has 1 aliphatic rings. The molecule has 1 aromatic carbocycles. The molecule has 1 aliphatic heterocycles. The van der Waals surface area contributed by atoms with E-state index >= 15 is 0 Å². The lowest BCUT2D eigenvalue weighted by atomic mass is 9.98. The lowest BCUT2D eigenvalue weighted by Crippen LogP contribution is -2.50. The number of carbonyl (C=O) groups is 1. The molecular formula is C22H36N4O. The number of nitrogens with one attached hydrogen (secondary N) is 2. The van der Waals surface area contributed by atoms with E-state index in [1.165, 1.54) is 11.1 Å². The molecule has 0 bridgehead atoms. The smallest absolute Gasteiger partial charge is 0.225 e. The van der Waals surface area contributed by atoms with Crippen LogP contribution in [0.3, 0.4) is 0 Å². The number of benzene rings is 1. The summed E-state index contributed by atoms with van der Waals surface area (Å²) >= 11 is 0. The molecule has 27 heavy (non-hydrogen) atoms. The van der Waals surface area contributed by atoms with Crippen LogP contribution in [-0.2, 0) is 17.8 Å². The minimum atomic E-state index is 0.183. The Bertz CT molecular complexity index is 616. The van der Waals surface area contributed by atoms with Crippen LogP contribution in [0.1, 0.15) is 57.6 Å². The van der Waals surface area contributed by atoms with Crippen LogP contribution >= 0.6 is 0 Å². The van der Waals surface area contributed by atoms with Gasteiger partial charge in [0.05, 0.1) is 0 Å². The lowest BCUT2D eigenvalue weighted by molar-refractivity contribution is -0.136. The molecule has 0 unspecified atom stereocenters. The molecule has 5 nitrogen and oxygen atoms in total. The van der Waals surface area contributed by atoms with Crippen molar-refractivity contribution in [2.75, 3.05) is 20.1 Å². The van der Waals surface area contributed by atoms with Gasteiger partial charge in [-0.25, -0.2) is 0 Å². The first kappa shape index (κ1) is 21.3. The summed E-state index contributed by atoms with van der Waals surface area (Å²) in [6, 6.07) is 8.88. The Morgan fingerprint density at radius 3 is 2.33 bits per heavy atom. The number of rotatable bonds is 7. The second-order valence-electron chi connectivity index (χ2n) is 7.31. The quantitative estimate of drug-likeness (QED) is 0.570. The molecule has 0 radical (unpaired) electrons. The first-order chi connectivity index (χ1) is 13.1. The lowest BCUT2D eigenvalue weighted by Gasteiger charge is -2.34. The second-order valence-corrected chi connectivity index (χ2v) is 7.31. The van der Waals surface area contributed by atoms with E-state index in [4.69, 9.17) is 0 Å². The molecule has 1 heterocycles. The number of aliphatic imine (C=N–C) groups is 1. The Balaban J connectivity index is 1.82. The fourth-order valence-electron chi connectivity index (χ4n) is 3.78. The predicted octanol–water partition coefficient (Wildman–Crippen LogP) is 3.34. The normalized spacial score (nSPS) is 15.9. The molecule has 0 saturated carbocycles. The van der Waals surface area contributed by atoms with Gasteiger partial charge < -0.3 is 15.5 Å². The van der Waals surface area contributed by atoms with Crippen molar-refractivity contribution in [3.05, 3.63) is 35.4 Å². The standard InChI is InChI=1S/C22H36N4O/c1-5-17(6-2)21(27)26-14-12-20(13-15-26)25-22(23-4)24-16-19-11-9-8-10-18(19)7-3/h8-11,17,20H,5-7,12-16H2,1-4H3,(H2,23,24,25). The van der Waals surface area contributed by atoms with Gasteiger partial charge in [-0.2, -0.15) is 0 Å². The molecule has 2 N–H and O–H groups in total. The van der Waals surface area contributed by atoms with E-state index in [1.54, 1.807) is 0 Å². The van der Waals surface area contributed by atoms with Crippen LogP contribution in [0, 0.1) is 5.92 Å². The summed E-state index contributed by atoms with van der Waals surface area (Å²) in [6.07, 6.45) is 4.84. The van der Waals surface area contributed by atoms with Crippen LogP contribution < -0.4 is 10.6 Å². The SMILES string of the molecule is CCc1ccccc1CNC(=NC)NC1CCN(C(=O)C(CC)CC)CC1. The number of likely N-dealkylation sites (tertiary alicyclic amines) is 1. The maximum atomic E-state index is 12.5. The maximum Gasteiger partial charge on any atom is 0.225 e. The largest absolute Gasteiger partial charge is 0.354 e. The van der Waals surface area contributed by atoms with Crippen LogP contribution in [0.15, 0.2) is 29.3 Å². The van der Waals surface area contributed by atoms with Crippen molar-refractivity contribution in [2.45, 2.75) is 65.5 Å². The number of amides is 1. The van der Waals surface area contributed by atoms with Crippen LogP contribution in [0.4, 0.5) is 0 Å². The monoisotopic (exact) mass is 372 g/mol. The number of nitrogens with zero attached hydrogens (tertiary/aromatic N) is 2. The zero-order chi connectivity index (χ0) is 19.6. The van der Waals surface area contributed by atoms with E-state index in [9.17, 15) is 4.79 Å². The molecule has 5 heteroatoms. The van der Waals surface area contributed by atoms with E-state index in [0.29, 0.717) is 11.9 Å². The number of piperidine rings is 1. The molecule has 2 rings (SSSR count). The summed E-state index contributed by atoms with van der Waals surface area (Å²) in [5.74, 6) is 1.35. The van der Waals surface area contributed by atoms with Crippen LogP contribution in [0.2, 0.25) is 0 Å². The average molecular weight is 373 g/mol. The Hall–Kier alpha value is -2.04. The van der Waals surface area contributed by atoms with Crippen molar-refractivity contribution in [1.29, 1.82) is 0 Å². The van der Waals surface area contributed by atoms with Gasteiger partial charge in [0.2, 0.25) is 5.91 Å². The number of guanidine groups is 1. The van der Waals surface area contributed by atoms with E-state index in [0.717, 1.165) is 57.7 Å². The molecule has 1 fully saturated rings. The second kappa shape index (κ2) is 11.0. The highest BCUT2D eigenvalue weighted by atomic mass is 16.2. The van der Waals surface area contributed by atoms with Gasteiger partial charge in [0.15, 0.2) is 5.96 Å². The van der Waals surface area contributed by atoms with Crippen LogP contribution in [-0.4, -0.2) is 42.9 Å². The first-order valence-electron chi connectivity index (χ1n) is 10.5. The number of hydrogen-bond donors (Lipinski definition) is 2. The zero-order valence-electron chi connectivity index (χ0n) is 17.4. The van der Waals surface area contributed by atoms with Crippen LogP contribution in [0.5, 0.6) is 0 Å². The average Bonchev–Trinajstić information content (AvgIpc) is 2.72. The van der Waals surface area contributed by atoms with E-state index in [2.05, 4.69) is 60.7 Å². The Morgan fingerprint density at radius 2 is 1.78 bits per heavy atom. The molecule has 1 aromatic rings. The van der Waals surface area contributed by atoms with Crippen LogP contribution in [0.25, 0.3) is 0 Å². The summed E-state index contributed by atoms with van der Waals surface area (Å²) in [5.41, 5.74) is 2.68. The van der Waals surface area contributed by atoms with Crippen molar-refractivity contribution in [1.82, 2.24) is 15.5 Å². The van der Waals surface area contributed by atoms with Crippen molar-refractivity contribution in [3.8, 4) is 0 Å². The predicted molar refractivity (Wildman–Crippen MR) is 113 cm³/mol. The topological polar surface area (TPSA) is 56.7 Å². The molecule has 150 valence electrons. The fourth-order valence-corrected chi connectivity index (χ4v) is 3.78. The highest BCUT2D eigenvalue weighted by molar-refractivity contribution is 5.80. The number of aryl methyl sites for hydroxylation is 1. The minimum absolute atomic E-state index is 0.183. The Morgan fingerprint density at radius 1 is 1.15 bits per heavy atom. The van der Waals surface area contributed by atoms with Gasteiger partial charge in [-0.3, -0.25) is 9.79 Å². The molecular weight excluding hydrogens is 336 g/mol. The Kier molecular flexibility index (Phi) is 8.62. The molecule has 0 atom stereocenters. The third-order valence-corrected chi connectivity index (χ3v) is 5.65. The van der Waals surface area contributed by atoms with Gasteiger partial charge in [-0.05, 0) is 43.2 Å². The fraction of sp³-hybridized carbons (Fsp3) is 0.636. The highest BCUT2D eigenvalue weighted by Gasteiger charge is 2.26. The van der Waals surface area contributed by atoms with Gasteiger partial charge in [0.1, 0.15) is 0 Å². The maximum absolute atomic E-state index is 12.5. The summed E-state index contributed by atoms with van der Waals surface area (Å²) < 4.78 is 0. The molecule has 0 aliphatic carbocycles. The van der Waals surface area contributed by atoms with Gasteiger partial charge in [-0.15, -0.1) is 0 Å². The number of hydrogen-bond acceptors (Lipinski definition) is 2. The van der Waals surface area contributed by atoms with Crippen molar-refractivity contribution in [2.24, 2.45) is 10.9 Å². The first-order valence-corrected chi connectivity index (χ1v) is 10.5. The summed E-state index contributed by atoms with van der Waals surface area (Å²) in [4.78, 5) is 19.0. The Labute approximate surface area is 164 Å². The van der Waals surface area contributed by atoms with Crippen molar-refractivity contribution >= 4 is 11.9 Å². The third-order valence-electron chi connectivity index (χ3n) is 5.65. The molecule has 1 saturated heterocycles. The van der Waals surface area contributed by atoms with Crippen molar-refractivity contribution < 1.29 is 4.79 Å². The summed E-state index contributed by atoms with van der Waals surface area (Å²) in [7, 11) is 1.81. The van der Waals surface area contributed by atoms with E-state index < -0.39 is 0 Å². The van der Waals surface area contributed by atoms with Gasteiger partial charge in [-0.1, -0.05) is 45.0 Å². The molecule has 0 aromatic heterocycles.